The zero-order chi connectivity index (χ0) is 24.0. The minimum atomic E-state index is -3.64. The highest BCUT2D eigenvalue weighted by Crippen LogP contribution is 2.31. The normalized spacial score (nSPS) is 19.0. The number of piperidine rings is 1. The lowest BCUT2D eigenvalue weighted by molar-refractivity contribution is 0.0679. The highest BCUT2D eigenvalue weighted by Gasteiger charge is 2.27. The number of benzene rings is 2. The predicted molar refractivity (Wildman–Crippen MR) is 129 cm³/mol. The molecule has 34 heavy (non-hydrogen) atoms. The molecular formula is C25H32N2O6S. The van der Waals surface area contributed by atoms with E-state index in [9.17, 15) is 13.2 Å². The predicted octanol–water partition coefficient (Wildman–Crippen LogP) is 4.07. The molecule has 8 nitrogen and oxygen atoms in total. The molecule has 4 rings (SSSR count). The first-order valence-corrected chi connectivity index (χ1v) is 13.3. The maximum absolute atomic E-state index is 13.1. The molecule has 0 spiro atoms. The van der Waals surface area contributed by atoms with E-state index in [-0.39, 0.29) is 16.9 Å². The van der Waals surface area contributed by atoms with Crippen molar-refractivity contribution in [3.8, 4) is 11.5 Å². The SMILES string of the molecule is CCOc1ccc(S(=O)(=O)N2CCCCC2)cc1NC(=O)c1ccc(OCC2CCCO2)cc1. The quantitative estimate of drug-likeness (QED) is 0.572. The minimum Gasteiger partial charge on any atom is -0.492 e. The Kier molecular flexibility index (Phi) is 8.07. The average Bonchev–Trinajstić information content (AvgIpc) is 3.38. The summed E-state index contributed by atoms with van der Waals surface area (Å²) in [5, 5.41) is 2.82. The summed E-state index contributed by atoms with van der Waals surface area (Å²) >= 11 is 0. The molecule has 2 aromatic rings. The number of amides is 1. The third-order valence-electron chi connectivity index (χ3n) is 6.03. The first-order valence-electron chi connectivity index (χ1n) is 11.9. The Labute approximate surface area is 201 Å². The number of carbonyl (C=O) groups is 1. The lowest BCUT2D eigenvalue weighted by atomic mass is 10.2. The largest absolute Gasteiger partial charge is 0.492 e. The summed E-state index contributed by atoms with van der Waals surface area (Å²) in [6.45, 7) is 4.51. The van der Waals surface area contributed by atoms with Crippen LogP contribution >= 0.6 is 0 Å². The van der Waals surface area contributed by atoms with Gasteiger partial charge in [-0.3, -0.25) is 4.79 Å². The van der Waals surface area contributed by atoms with Crippen molar-refractivity contribution in [2.75, 3.05) is 38.2 Å². The molecule has 9 heteroatoms. The molecule has 2 aromatic carbocycles. The maximum atomic E-state index is 13.1. The van der Waals surface area contributed by atoms with Gasteiger partial charge in [0.05, 0.1) is 23.3 Å². The van der Waals surface area contributed by atoms with Gasteiger partial charge in [0.25, 0.3) is 5.91 Å². The van der Waals surface area contributed by atoms with Gasteiger partial charge in [-0.2, -0.15) is 4.31 Å². The molecule has 0 aromatic heterocycles. The molecule has 1 amide bonds. The van der Waals surface area contributed by atoms with Gasteiger partial charge in [0.2, 0.25) is 10.0 Å². The summed E-state index contributed by atoms with van der Waals surface area (Å²) in [6, 6.07) is 11.4. The topological polar surface area (TPSA) is 94.2 Å². The van der Waals surface area contributed by atoms with Crippen LogP contribution in [0.25, 0.3) is 0 Å². The van der Waals surface area contributed by atoms with Crippen LogP contribution in [-0.2, 0) is 14.8 Å². The number of nitrogens with zero attached hydrogens (tertiary/aromatic N) is 1. The fraction of sp³-hybridized carbons (Fsp3) is 0.480. The van der Waals surface area contributed by atoms with Crippen LogP contribution in [-0.4, -0.2) is 57.6 Å². The van der Waals surface area contributed by atoms with E-state index in [0.717, 1.165) is 38.7 Å². The standard InChI is InChI=1S/C25H32N2O6S/c1-2-31-24-13-12-22(34(29,30)27-14-4-3-5-15-27)17-23(24)26-25(28)19-8-10-20(11-9-19)33-18-21-7-6-16-32-21/h8-13,17,21H,2-7,14-16,18H2,1H3,(H,26,28). The Morgan fingerprint density at radius 2 is 1.82 bits per heavy atom. The second-order valence-electron chi connectivity index (χ2n) is 8.48. The zero-order valence-corrected chi connectivity index (χ0v) is 20.3. The fourth-order valence-electron chi connectivity index (χ4n) is 4.16. The van der Waals surface area contributed by atoms with Crippen molar-refractivity contribution >= 4 is 21.6 Å². The highest BCUT2D eigenvalue weighted by molar-refractivity contribution is 7.89. The van der Waals surface area contributed by atoms with Gasteiger partial charge in [-0.05, 0) is 75.1 Å². The molecule has 1 unspecified atom stereocenters. The number of carbonyl (C=O) groups excluding carboxylic acids is 1. The van der Waals surface area contributed by atoms with Crippen LogP contribution in [0, 0.1) is 0 Å². The average molecular weight is 489 g/mol. The molecule has 0 aliphatic carbocycles. The molecule has 184 valence electrons. The van der Waals surface area contributed by atoms with Crippen molar-refractivity contribution in [3.05, 3.63) is 48.0 Å². The molecule has 2 aliphatic rings. The van der Waals surface area contributed by atoms with Crippen LogP contribution in [0.4, 0.5) is 5.69 Å². The molecular weight excluding hydrogens is 456 g/mol. The van der Waals surface area contributed by atoms with Gasteiger partial charge in [-0.25, -0.2) is 8.42 Å². The molecule has 1 atom stereocenters. The Morgan fingerprint density at radius 3 is 2.50 bits per heavy atom. The molecule has 1 N–H and O–H groups in total. The summed E-state index contributed by atoms with van der Waals surface area (Å²) in [5.74, 6) is 0.723. The van der Waals surface area contributed by atoms with Crippen molar-refractivity contribution in [3.63, 3.8) is 0 Å². The molecule has 2 aliphatic heterocycles. The first-order chi connectivity index (χ1) is 16.5. The Balaban J connectivity index is 1.47. The molecule has 0 bridgehead atoms. The lowest BCUT2D eigenvalue weighted by Crippen LogP contribution is -2.35. The van der Waals surface area contributed by atoms with Gasteiger partial charge in [-0.1, -0.05) is 6.42 Å². The van der Waals surface area contributed by atoms with E-state index in [1.165, 1.54) is 16.4 Å². The van der Waals surface area contributed by atoms with Crippen molar-refractivity contribution in [1.29, 1.82) is 0 Å². The van der Waals surface area contributed by atoms with Crippen molar-refractivity contribution in [1.82, 2.24) is 4.31 Å². The summed E-state index contributed by atoms with van der Waals surface area (Å²) in [5.41, 5.74) is 0.750. The maximum Gasteiger partial charge on any atom is 0.255 e. The highest BCUT2D eigenvalue weighted by atomic mass is 32.2. The smallest absolute Gasteiger partial charge is 0.255 e. The van der Waals surface area contributed by atoms with Crippen LogP contribution in [0.2, 0.25) is 0 Å². The molecule has 2 heterocycles. The molecule has 0 saturated carbocycles. The van der Waals surface area contributed by atoms with E-state index in [0.29, 0.717) is 49.1 Å². The van der Waals surface area contributed by atoms with Crippen molar-refractivity contribution in [2.24, 2.45) is 0 Å². The Morgan fingerprint density at radius 1 is 1.06 bits per heavy atom. The fourth-order valence-corrected chi connectivity index (χ4v) is 5.71. The van der Waals surface area contributed by atoms with E-state index in [1.807, 2.05) is 6.92 Å². The third kappa shape index (κ3) is 5.89. The van der Waals surface area contributed by atoms with Crippen LogP contribution in [0.3, 0.4) is 0 Å². The van der Waals surface area contributed by atoms with Gasteiger partial charge < -0.3 is 19.5 Å². The summed E-state index contributed by atoms with van der Waals surface area (Å²) < 4.78 is 44.7. The van der Waals surface area contributed by atoms with Gasteiger partial charge in [-0.15, -0.1) is 0 Å². The summed E-state index contributed by atoms with van der Waals surface area (Å²) in [6.07, 6.45) is 4.91. The van der Waals surface area contributed by atoms with Gasteiger partial charge in [0, 0.05) is 25.3 Å². The third-order valence-corrected chi connectivity index (χ3v) is 7.92. The van der Waals surface area contributed by atoms with Crippen LogP contribution < -0.4 is 14.8 Å². The van der Waals surface area contributed by atoms with Crippen LogP contribution in [0.1, 0.15) is 49.4 Å². The second-order valence-corrected chi connectivity index (χ2v) is 10.4. The number of anilines is 1. The second kappa shape index (κ2) is 11.2. The minimum absolute atomic E-state index is 0.119. The van der Waals surface area contributed by atoms with Gasteiger partial charge in [0.15, 0.2) is 0 Å². The van der Waals surface area contributed by atoms with Crippen molar-refractivity contribution in [2.45, 2.75) is 50.0 Å². The number of ether oxygens (including phenoxy) is 3. The number of hydrogen-bond donors (Lipinski definition) is 1. The number of sulfonamides is 1. The first kappa shape index (κ1) is 24.5. The Bertz CT molecular complexity index is 1080. The number of rotatable bonds is 9. The monoisotopic (exact) mass is 488 g/mol. The molecule has 0 radical (unpaired) electrons. The van der Waals surface area contributed by atoms with E-state index >= 15 is 0 Å². The number of hydrogen-bond acceptors (Lipinski definition) is 6. The van der Waals surface area contributed by atoms with Gasteiger partial charge >= 0.3 is 0 Å². The van der Waals surface area contributed by atoms with Crippen molar-refractivity contribution < 1.29 is 27.4 Å². The summed E-state index contributed by atoms with van der Waals surface area (Å²) in [7, 11) is -3.64. The van der Waals surface area contributed by atoms with Gasteiger partial charge in [0.1, 0.15) is 18.1 Å². The molecule has 2 fully saturated rings. The lowest BCUT2D eigenvalue weighted by Gasteiger charge is -2.26. The van der Waals surface area contributed by atoms with Crippen LogP contribution in [0.15, 0.2) is 47.4 Å². The zero-order valence-electron chi connectivity index (χ0n) is 19.5. The van der Waals surface area contributed by atoms with E-state index in [4.69, 9.17) is 14.2 Å². The Hall–Kier alpha value is -2.62. The number of nitrogens with one attached hydrogen (secondary N) is 1. The summed E-state index contributed by atoms with van der Waals surface area (Å²) in [4.78, 5) is 13.1. The van der Waals surface area contributed by atoms with E-state index in [2.05, 4.69) is 5.32 Å². The van der Waals surface area contributed by atoms with E-state index in [1.54, 1.807) is 30.3 Å². The molecule has 2 saturated heterocycles. The van der Waals surface area contributed by atoms with E-state index < -0.39 is 10.0 Å². The van der Waals surface area contributed by atoms with Crippen LogP contribution in [0.5, 0.6) is 11.5 Å².